The molecule has 2 N–H and O–H groups in total. The fourth-order valence-corrected chi connectivity index (χ4v) is 2.31. The number of benzene rings is 1. The smallest absolute Gasteiger partial charge is 0.270 e. The maximum atomic E-state index is 12.3. The molecule has 1 aromatic carbocycles. The number of aromatic amines is 1. The highest BCUT2D eigenvalue weighted by Gasteiger charge is 2.23. The molecule has 1 aromatic heterocycles. The molecular weight excluding hydrogens is 258 g/mol. The number of pyridine rings is 1. The van der Waals surface area contributed by atoms with Crippen molar-refractivity contribution < 1.29 is 9.59 Å². The molecule has 0 saturated carbocycles. The third-order valence-electron chi connectivity index (χ3n) is 3.31. The number of H-pyrrole nitrogens is 1. The van der Waals surface area contributed by atoms with Crippen molar-refractivity contribution in [1.29, 1.82) is 0 Å². The van der Waals surface area contributed by atoms with Gasteiger partial charge in [-0.1, -0.05) is 18.2 Å². The molecule has 1 saturated heterocycles. The van der Waals surface area contributed by atoms with Crippen molar-refractivity contribution in [2.45, 2.75) is 0 Å². The van der Waals surface area contributed by atoms with E-state index in [0.29, 0.717) is 23.9 Å². The number of carbonyl (C=O) groups is 2. The molecule has 0 unspecified atom stereocenters. The maximum Gasteiger partial charge on any atom is 0.270 e. The second kappa shape index (κ2) is 4.80. The van der Waals surface area contributed by atoms with Gasteiger partial charge in [-0.15, -0.1) is 0 Å². The fraction of sp³-hybridized carbons (Fsp3) is 0.214. The highest BCUT2D eigenvalue weighted by molar-refractivity contribution is 5.98. The summed E-state index contributed by atoms with van der Waals surface area (Å²) >= 11 is 0. The van der Waals surface area contributed by atoms with E-state index in [1.165, 1.54) is 4.90 Å². The number of hydrogen-bond acceptors (Lipinski definition) is 3. The van der Waals surface area contributed by atoms with Crippen LogP contribution >= 0.6 is 0 Å². The molecule has 2 aromatic rings. The van der Waals surface area contributed by atoms with Gasteiger partial charge in [0.1, 0.15) is 5.69 Å². The van der Waals surface area contributed by atoms with E-state index in [1.54, 1.807) is 24.3 Å². The van der Waals surface area contributed by atoms with Crippen LogP contribution in [0.3, 0.4) is 0 Å². The quantitative estimate of drug-likeness (QED) is 0.771. The molecule has 1 fully saturated rings. The third kappa shape index (κ3) is 2.16. The second-order valence-corrected chi connectivity index (χ2v) is 4.68. The number of amides is 2. The summed E-state index contributed by atoms with van der Waals surface area (Å²) in [6.45, 7) is 0.898. The van der Waals surface area contributed by atoms with Crippen LogP contribution < -0.4 is 10.9 Å². The van der Waals surface area contributed by atoms with Gasteiger partial charge in [-0.25, -0.2) is 0 Å². The van der Waals surface area contributed by atoms with Gasteiger partial charge in [0.2, 0.25) is 5.91 Å². The number of nitrogens with one attached hydrogen (secondary N) is 2. The summed E-state index contributed by atoms with van der Waals surface area (Å²) in [6.07, 6.45) is 0. The Kier molecular flexibility index (Phi) is 2.98. The summed E-state index contributed by atoms with van der Waals surface area (Å²) in [5.41, 5.74) is -0.0867. The molecule has 20 heavy (non-hydrogen) atoms. The molecule has 2 heterocycles. The van der Waals surface area contributed by atoms with Crippen LogP contribution in [0.15, 0.2) is 35.1 Å². The minimum Gasteiger partial charge on any atom is -0.353 e. The van der Waals surface area contributed by atoms with Gasteiger partial charge in [-0.05, 0) is 17.5 Å². The van der Waals surface area contributed by atoms with Gasteiger partial charge in [0.15, 0.2) is 0 Å². The SMILES string of the molecule is O=C1CN(C(=O)c2cc3ccccc3c(=O)[nH]2)CCN1. The molecule has 2 amide bonds. The summed E-state index contributed by atoms with van der Waals surface area (Å²) in [5.74, 6) is -0.518. The second-order valence-electron chi connectivity index (χ2n) is 4.68. The van der Waals surface area contributed by atoms with Gasteiger partial charge in [-0.2, -0.15) is 0 Å². The lowest BCUT2D eigenvalue weighted by atomic mass is 10.1. The Hall–Kier alpha value is -2.63. The Balaban J connectivity index is 1.99. The first-order chi connectivity index (χ1) is 9.65. The molecule has 0 aliphatic carbocycles. The number of nitrogens with zero attached hydrogens (tertiary/aromatic N) is 1. The Labute approximate surface area is 114 Å². The molecule has 0 atom stereocenters. The first kappa shape index (κ1) is 12.4. The predicted octanol–water partition coefficient (Wildman–Crippen LogP) is 0.100. The minimum atomic E-state index is -0.331. The molecule has 0 radical (unpaired) electrons. The Morgan fingerprint density at radius 2 is 2.00 bits per heavy atom. The molecule has 1 aliphatic rings. The van der Waals surface area contributed by atoms with E-state index >= 15 is 0 Å². The van der Waals surface area contributed by atoms with Crippen LogP contribution in [0.2, 0.25) is 0 Å². The van der Waals surface area contributed by atoms with Crippen LogP contribution in [0.5, 0.6) is 0 Å². The first-order valence-electron chi connectivity index (χ1n) is 6.33. The maximum absolute atomic E-state index is 12.3. The third-order valence-corrected chi connectivity index (χ3v) is 3.31. The van der Waals surface area contributed by atoms with Crippen LogP contribution in [0, 0.1) is 0 Å². The summed E-state index contributed by atoms with van der Waals surface area (Å²) in [7, 11) is 0. The van der Waals surface area contributed by atoms with Crippen LogP contribution in [0.1, 0.15) is 10.5 Å². The average Bonchev–Trinajstić information content (AvgIpc) is 2.46. The molecule has 6 heteroatoms. The van der Waals surface area contributed by atoms with Gasteiger partial charge >= 0.3 is 0 Å². The van der Waals surface area contributed by atoms with E-state index in [2.05, 4.69) is 10.3 Å². The molecule has 102 valence electrons. The van der Waals surface area contributed by atoms with E-state index in [1.807, 2.05) is 6.07 Å². The van der Waals surface area contributed by atoms with Crippen molar-refractivity contribution in [3.05, 3.63) is 46.4 Å². The zero-order valence-corrected chi connectivity index (χ0v) is 10.7. The van der Waals surface area contributed by atoms with Gasteiger partial charge in [-0.3, -0.25) is 14.4 Å². The van der Waals surface area contributed by atoms with Crippen LogP contribution in [-0.4, -0.2) is 41.3 Å². The Morgan fingerprint density at radius 3 is 2.80 bits per heavy atom. The van der Waals surface area contributed by atoms with Crippen molar-refractivity contribution in [2.24, 2.45) is 0 Å². The van der Waals surface area contributed by atoms with Crippen LogP contribution in [-0.2, 0) is 4.79 Å². The van der Waals surface area contributed by atoms with E-state index in [9.17, 15) is 14.4 Å². The lowest BCUT2D eigenvalue weighted by molar-refractivity contribution is -0.123. The van der Waals surface area contributed by atoms with E-state index in [0.717, 1.165) is 0 Å². The topological polar surface area (TPSA) is 82.3 Å². The van der Waals surface area contributed by atoms with Crippen molar-refractivity contribution in [3.8, 4) is 0 Å². The van der Waals surface area contributed by atoms with Gasteiger partial charge in [0, 0.05) is 18.5 Å². The number of piperazine rings is 1. The van der Waals surface area contributed by atoms with Crippen molar-refractivity contribution >= 4 is 22.6 Å². The monoisotopic (exact) mass is 271 g/mol. The summed E-state index contributed by atoms with van der Waals surface area (Å²) in [6, 6.07) is 8.71. The summed E-state index contributed by atoms with van der Waals surface area (Å²) < 4.78 is 0. The number of rotatable bonds is 1. The number of hydrogen-bond donors (Lipinski definition) is 2. The molecule has 3 rings (SSSR count). The lowest BCUT2D eigenvalue weighted by Gasteiger charge is -2.26. The van der Waals surface area contributed by atoms with E-state index in [-0.39, 0.29) is 29.6 Å². The zero-order valence-electron chi connectivity index (χ0n) is 10.7. The van der Waals surface area contributed by atoms with E-state index in [4.69, 9.17) is 0 Å². The summed E-state index contributed by atoms with van der Waals surface area (Å²) in [5, 5.41) is 3.91. The Morgan fingerprint density at radius 1 is 1.20 bits per heavy atom. The minimum absolute atomic E-state index is 0.0215. The van der Waals surface area contributed by atoms with Gasteiger partial charge in [0.25, 0.3) is 11.5 Å². The Bertz CT molecular complexity index is 751. The highest BCUT2D eigenvalue weighted by Crippen LogP contribution is 2.11. The first-order valence-corrected chi connectivity index (χ1v) is 6.33. The highest BCUT2D eigenvalue weighted by atomic mass is 16.2. The standard InChI is InChI=1S/C14H13N3O3/c18-12-8-17(6-5-15-12)14(20)11-7-9-3-1-2-4-10(9)13(19)16-11/h1-4,7H,5-6,8H2,(H,15,18)(H,16,19). The normalized spacial score (nSPS) is 15.2. The van der Waals surface area contributed by atoms with Crippen LogP contribution in [0.25, 0.3) is 10.8 Å². The largest absolute Gasteiger partial charge is 0.353 e. The van der Waals surface area contributed by atoms with E-state index < -0.39 is 0 Å². The van der Waals surface area contributed by atoms with Crippen LogP contribution in [0.4, 0.5) is 0 Å². The van der Waals surface area contributed by atoms with Crippen molar-refractivity contribution in [2.75, 3.05) is 19.6 Å². The summed E-state index contributed by atoms with van der Waals surface area (Å²) in [4.78, 5) is 39.6. The zero-order chi connectivity index (χ0) is 14.1. The molecule has 0 spiro atoms. The average molecular weight is 271 g/mol. The number of carbonyl (C=O) groups excluding carboxylic acids is 2. The molecule has 0 bridgehead atoms. The van der Waals surface area contributed by atoms with Gasteiger partial charge in [0.05, 0.1) is 6.54 Å². The van der Waals surface area contributed by atoms with Crippen molar-refractivity contribution in [3.63, 3.8) is 0 Å². The lowest BCUT2D eigenvalue weighted by Crippen LogP contribution is -2.50. The molecule has 6 nitrogen and oxygen atoms in total. The molecular formula is C14H13N3O3. The van der Waals surface area contributed by atoms with Gasteiger partial charge < -0.3 is 15.2 Å². The molecule has 1 aliphatic heterocycles. The predicted molar refractivity (Wildman–Crippen MR) is 73.5 cm³/mol. The van der Waals surface area contributed by atoms with Crippen molar-refractivity contribution in [1.82, 2.24) is 15.2 Å². The number of fused-ring (bicyclic) bond motifs is 1. The number of aromatic nitrogens is 1. The fourth-order valence-electron chi connectivity index (χ4n) is 2.31.